The molecule has 0 spiro atoms. The number of hydrogen-bond donors (Lipinski definition) is 2. The van der Waals surface area contributed by atoms with Crippen LogP contribution in [0.2, 0.25) is 5.02 Å². The lowest BCUT2D eigenvalue weighted by Crippen LogP contribution is -2.17. The SMILES string of the molecule is NC(=NC(=O)O)c1cc(-c2cc(Cl)c3oc(C4CC4)nc3c2)ncn1. The molecule has 3 N–H and O–H groups in total. The molecule has 1 aliphatic carbocycles. The highest BCUT2D eigenvalue weighted by atomic mass is 35.5. The zero-order chi connectivity index (χ0) is 17.6. The number of rotatable bonds is 3. The van der Waals surface area contributed by atoms with E-state index in [-0.39, 0.29) is 11.5 Å². The van der Waals surface area contributed by atoms with E-state index in [1.165, 1.54) is 6.33 Å². The Morgan fingerprint density at radius 2 is 2.12 bits per heavy atom. The summed E-state index contributed by atoms with van der Waals surface area (Å²) >= 11 is 6.32. The standard InChI is InChI=1S/C16H12ClN5O3/c17-9-3-8(4-11-13(9)25-15(21-11)7-1-2-7)10-5-12(20-6-19-10)14(18)22-16(23)24/h3-7H,1-2H2,(H2,18,22)(H,23,24). The van der Waals surface area contributed by atoms with E-state index < -0.39 is 6.09 Å². The van der Waals surface area contributed by atoms with Gasteiger partial charge in [0.25, 0.3) is 0 Å². The molecule has 4 rings (SSSR count). The summed E-state index contributed by atoms with van der Waals surface area (Å²) in [6, 6.07) is 5.07. The lowest BCUT2D eigenvalue weighted by atomic mass is 10.1. The Hall–Kier alpha value is -3.00. The first-order valence-corrected chi connectivity index (χ1v) is 7.89. The van der Waals surface area contributed by atoms with E-state index in [1.807, 2.05) is 6.07 Å². The molecule has 1 amide bonds. The van der Waals surface area contributed by atoms with Crippen LogP contribution < -0.4 is 5.73 Å². The third kappa shape index (κ3) is 3.03. The van der Waals surface area contributed by atoms with Crippen LogP contribution in [-0.4, -0.2) is 32.0 Å². The molecule has 3 aromatic rings. The van der Waals surface area contributed by atoms with E-state index in [9.17, 15) is 4.79 Å². The Morgan fingerprint density at radius 1 is 1.32 bits per heavy atom. The maximum Gasteiger partial charge on any atom is 0.433 e. The molecule has 1 aliphatic rings. The van der Waals surface area contributed by atoms with Crippen molar-refractivity contribution in [1.82, 2.24) is 15.0 Å². The molecule has 0 radical (unpaired) electrons. The van der Waals surface area contributed by atoms with Crippen LogP contribution in [-0.2, 0) is 0 Å². The van der Waals surface area contributed by atoms with E-state index in [4.69, 9.17) is 26.9 Å². The maximum atomic E-state index is 10.6. The van der Waals surface area contributed by atoms with Crippen molar-refractivity contribution in [2.45, 2.75) is 18.8 Å². The molecule has 126 valence electrons. The number of carbonyl (C=O) groups is 1. The Bertz CT molecular complexity index is 1030. The number of amidine groups is 1. The van der Waals surface area contributed by atoms with Crippen LogP contribution in [0.5, 0.6) is 0 Å². The van der Waals surface area contributed by atoms with Crippen molar-refractivity contribution in [3.05, 3.63) is 41.1 Å². The third-order valence-electron chi connectivity index (χ3n) is 3.83. The van der Waals surface area contributed by atoms with Gasteiger partial charge in [0.1, 0.15) is 17.5 Å². The summed E-state index contributed by atoms with van der Waals surface area (Å²) in [5.41, 5.74) is 8.26. The Kier molecular flexibility index (Phi) is 3.61. The number of fused-ring (bicyclic) bond motifs is 1. The summed E-state index contributed by atoms with van der Waals surface area (Å²) in [6.45, 7) is 0. The lowest BCUT2D eigenvalue weighted by Gasteiger charge is -2.04. The molecule has 0 atom stereocenters. The molecular formula is C16H12ClN5O3. The van der Waals surface area contributed by atoms with Crippen LogP contribution in [0.25, 0.3) is 22.4 Å². The average molecular weight is 358 g/mol. The highest BCUT2D eigenvalue weighted by molar-refractivity contribution is 6.35. The number of aliphatic imine (C=N–C) groups is 1. The van der Waals surface area contributed by atoms with E-state index in [2.05, 4.69) is 19.9 Å². The van der Waals surface area contributed by atoms with Crippen LogP contribution in [0.3, 0.4) is 0 Å². The first-order chi connectivity index (χ1) is 12.0. The molecule has 8 nitrogen and oxygen atoms in total. The number of benzene rings is 1. The molecule has 1 fully saturated rings. The van der Waals surface area contributed by atoms with E-state index in [0.29, 0.717) is 39.2 Å². The number of aromatic nitrogens is 3. The number of amides is 1. The molecule has 1 aromatic carbocycles. The molecule has 0 unspecified atom stereocenters. The van der Waals surface area contributed by atoms with Crippen LogP contribution in [0.1, 0.15) is 30.3 Å². The van der Waals surface area contributed by atoms with Gasteiger partial charge in [-0.05, 0) is 31.0 Å². The zero-order valence-electron chi connectivity index (χ0n) is 12.8. The summed E-state index contributed by atoms with van der Waals surface area (Å²) in [6.07, 6.45) is 2.05. The monoisotopic (exact) mass is 357 g/mol. The van der Waals surface area contributed by atoms with Gasteiger partial charge in [-0.1, -0.05) is 11.6 Å². The largest absolute Gasteiger partial charge is 0.463 e. The second-order valence-electron chi connectivity index (χ2n) is 5.70. The fourth-order valence-electron chi connectivity index (χ4n) is 2.48. The van der Waals surface area contributed by atoms with Gasteiger partial charge >= 0.3 is 6.09 Å². The number of carboxylic acid groups (broad SMARTS) is 1. The van der Waals surface area contributed by atoms with Crippen LogP contribution >= 0.6 is 11.6 Å². The minimum atomic E-state index is -1.39. The van der Waals surface area contributed by atoms with Gasteiger partial charge < -0.3 is 15.3 Å². The molecule has 0 aliphatic heterocycles. The zero-order valence-corrected chi connectivity index (χ0v) is 13.6. The second-order valence-corrected chi connectivity index (χ2v) is 6.11. The van der Waals surface area contributed by atoms with Crippen molar-refractivity contribution in [2.75, 3.05) is 0 Å². The average Bonchev–Trinajstić information content (AvgIpc) is 3.34. The highest BCUT2D eigenvalue weighted by Gasteiger charge is 2.29. The molecule has 25 heavy (non-hydrogen) atoms. The van der Waals surface area contributed by atoms with Crippen molar-refractivity contribution in [1.29, 1.82) is 0 Å². The number of nitrogens with two attached hydrogens (primary N) is 1. The minimum Gasteiger partial charge on any atom is -0.463 e. The predicted octanol–water partition coefficient (Wildman–Crippen LogP) is 3.20. The molecule has 2 heterocycles. The van der Waals surface area contributed by atoms with Crippen molar-refractivity contribution >= 4 is 34.6 Å². The van der Waals surface area contributed by atoms with Crippen molar-refractivity contribution < 1.29 is 14.3 Å². The normalized spacial score (nSPS) is 14.8. The van der Waals surface area contributed by atoms with Gasteiger partial charge in [-0.15, -0.1) is 0 Å². The predicted molar refractivity (Wildman–Crippen MR) is 90.8 cm³/mol. The van der Waals surface area contributed by atoms with Crippen molar-refractivity contribution in [3.63, 3.8) is 0 Å². The van der Waals surface area contributed by atoms with Gasteiger partial charge in [-0.25, -0.2) is 19.7 Å². The highest BCUT2D eigenvalue weighted by Crippen LogP contribution is 2.42. The fourth-order valence-corrected chi connectivity index (χ4v) is 2.73. The molecule has 0 saturated heterocycles. The summed E-state index contributed by atoms with van der Waals surface area (Å²) in [5, 5.41) is 9.12. The summed E-state index contributed by atoms with van der Waals surface area (Å²) < 4.78 is 5.74. The lowest BCUT2D eigenvalue weighted by molar-refractivity contribution is 0.205. The van der Waals surface area contributed by atoms with Gasteiger partial charge in [-0.3, -0.25) is 0 Å². The number of hydrogen-bond acceptors (Lipinski definition) is 5. The van der Waals surface area contributed by atoms with Crippen LogP contribution in [0.4, 0.5) is 4.79 Å². The first-order valence-electron chi connectivity index (χ1n) is 7.51. The van der Waals surface area contributed by atoms with E-state index in [0.717, 1.165) is 12.8 Å². The first kappa shape index (κ1) is 15.5. The second kappa shape index (κ2) is 5.82. The third-order valence-corrected chi connectivity index (χ3v) is 4.11. The molecule has 9 heteroatoms. The van der Waals surface area contributed by atoms with E-state index >= 15 is 0 Å². The molecule has 1 saturated carbocycles. The fraction of sp³-hybridized carbons (Fsp3) is 0.188. The summed E-state index contributed by atoms with van der Waals surface area (Å²) in [5.74, 6) is 0.876. The van der Waals surface area contributed by atoms with Gasteiger partial charge in [0.05, 0.1) is 10.7 Å². The number of oxazole rings is 1. The topological polar surface area (TPSA) is 127 Å². The Labute approximate surface area is 146 Å². The Morgan fingerprint density at radius 3 is 2.84 bits per heavy atom. The van der Waals surface area contributed by atoms with Crippen molar-refractivity contribution in [2.24, 2.45) is 10.7 Å². The van der Waals surface area contributed by atoms with Crippen LogP contribution in [0.15, 0.2) is 33.9 Å². The number of halogens is 1. The quantitative estimate of drug-likeness (QED) is 0.544. The summed E-state index contributed by atoms with van der Waals surface area (Å²) in [4.78, 5) is 26.5. The van der Waals surface area contributed by atoms with Crippen molar-refractivity contribution in [3.8, 4) is 11.3 Å². The smallest absolute Gasteiger partial charge is 0.433 e. The van der Waals surface area contributed by atoms with Gasteiger partial charge in [-0.2, -0.15) is 4.99 Å². The summed E-state index contributed by atoms with van der Waals surface area (Å²) in [7, 11) is 0. The van der Waals surface area contributed by atoms with Gasteiger partial charge in [0.2, 0.25) is 0 Å². The van der Waals surface area contributed by atoms with Gasteiger partial charge in [0, 0.05) is 11.5 Å². The van der Waals surface area contributed by atoms with E-state index in [1.54, 1.807) is 12.1 Å². The number of nitrogens with zero attached hydrogens (tertiary/aromatic N) is 4. The minimum absolute atomic E-state index is 0.208. The molecule has 2 aromatic heterocycles. The van der Waals surface area contributed by atoms with Crippen LogP contribution in [0, 0.1) is 0 Å². The Balaban J connectivity index is 1.77. The maximum absolute atomic E-state index is 10.6. The van der Waals surface area contributed by atoms with Gasteiger partial charge in [0.15, 0.2) is 17.3 Å². The molecular weight excluding hydrogens is 346 g/mol. The molecule has 0 bridgehead atoms.